The Hall–Kier alpha value is -2.72. The zero-order valence-corrected chi connectivity index (χ0v) is 15.5. The van der Waals surface area contributed by atoms with E-state index in [1.54, 1.807) is 0 Å². The van der Waals surface area contributed by atoms with Crippen LogP contribution in [0.15, 0.2) is 83.8 Å². The van der Waals surface area contributed by atoms with E-state index in [9.17, 15) is 4.79 Å². The Bertz CT molecular complexity index is 846. The van der Waals surface area contributed by atoms with Gasteiger partial charge in [0, 0.05) is 17.1 Å². The molecule has 0 aliphatic carbocycles. The lowest BCUT2D eigenvalue weighted by Crippen LogP contribution is -2.27. The molecule has 0 spiro atoms. The summed E-state index contributed by atoms with van der Waals surface area (Å²) in [6.45, 7) is 2.57. The topological polar surface area (TPSA) is 55.1 Å². The second-order valence-electron chi connectivity index (χ2n) is 6.18. The van der Waals surface area contributed by atoms with Crippen LogP contribution in [-0.4, -0.2) is 5.91 Å². The number of anilines is 1. The Morgan fingerprint density at radius 2 is 1.62 bits per heavy atom. The average Bonchev–Trinajstić information content (AvgIpc) is 2.67. The lowest BCUT2D eigenvalue weighted by molar-refractivity contribution is -0.120. The number of carbonyl (C=O) groups is 1. The Labute approximate surface area is 158 Å². The highest BCUT2D eigenvalue weighted by molar-refractivity contribution is 8.00. The molecule has 0 saturated heterocycles. The zero-order valence-electron chi connectivity index (χ0n) is 14.7. The molecular weight excluding hydrogens is 340 g/mol. The monoisotopic (exact) mass is 362 g/mol. The number of nitrogen functional groups attached to an aromatic ring is 1. The zero-order chi connectivity index (χ0) is 18.4. The number of benzene rings is 3. The van der Waals surface area contributed by atoms with Crippen molar-refractivity contribution in [3.05, 3.63) is 95.6 Å². The number of hydrogen-bond donors (Lipinski definition) is 2. The number of thioether (sulfide) groups is 1. The number of rotatable bonds is 6. The number of carbonyl (C=O) groups excluding carboxylic acids is 1. The van der Waals surface area contributed by atoms with Gasteiger partial charge in [0.2, 0.25) is 5.91 Å². The quantitative estimate of drug-likeness (QED) is 0.492. The molecule has 0 saturated carbocycles. The molecule has 0 aliphatic heterocycles. The maximum atomic E-state index is 12.9. The van der Waals surface area contributed by atoms with Gasteiger partial charge in [-0.1, -0.05) is 60.2 Å². The molecule has 3 aromatic rings. The summed E-state index contributed by atoms with van der Waals surface area (Å²) in [4.78, 5) is 13.9. The first kappa shape index (κ1) is 18.1. The molecule has 3 rings (SSSR count). The summed E-state index contributed by atoms with van der Waals surface area (Å²) in [6.07, 6.45) is 0. The maximum Gasteiger partial charge on any atom is 0.238 e. The first-order chi connectivity index (χ1) is 12.6. The fraction of sp³-hybridized carbons (Fsp3) is 0.136. The van der Waals surface area contributed by atoms with E-state index in [-0.39, 0.29) is 11.2 Å². The molecule has 3 N–H and O–H groups in total. The van der Waals surface area contributed by atoms with Gasteiger partial charge in [-0.05, 0) is 42.3 Å². The van der Waals surface area contributed by atoms with E-state index in [1.165, 1.54) is 17.3 Å². The Kier molecular flexibility index (Phi) is 5.97. The van der Waals surface area contributed by atoms with E-state index < -0.39 is 0 Å². The largest absolute Gasteiger partial charge is 0.399 e. The molecule has 1 amide bonds. The summed E-state index contributed by atoms with van der Waals surface area (Å²) in [5, 5.41) is 2.75. The number of hydrogen-bond acceptors (Lipinski definition) is 3. The van der Waals surface area contributed by atoms with Crippen molar-refractivity contribution in [2.24, 2.45) is 0 Å². The van der Waals surface area contributed by atoms with Crippen molar-refractivity contribution in [1.29, 1.82) is 0 Å². The van der Waals surface area contributed by atoms with Crippen LogP contribution in [0.3, 0.4) is 0 Å². The van der Waals surface area contributed by atoms with Gasteiger partial charge in [-0.15, -0.1) is 11.8 Å². The van der Waals surface area contributed by atoms with Gasteiger partial charge in [-0.25, -0.2) is 0 Å². The fourth-order valence-corrected chi connectivity index (χ4v) is 3.62. The van der Waals surface area contributed by atoms with E-state index in [0.29, 0.717) is 6.54 Å². The van der Waals surface area contributed by atoms with E-state index in [0.717, 1.165) is 21.7 Å². The second-order valence-corrected chi connectivity index (χ2v) is 7.36. The molecule has 1 unspecified atom stereocenters. The third-order valence-corrected chi connectivity index (χ3v) is 5.33. The highest BCUT2D eigenvalue weighted by Gasteiger charge is 2.21. The van der Waals surface area contributed by atoms with Gasteiger partial charge in [-0.2, -0.15) is 0 Å². The fourth-order valence-electron chi connectivity index (χ4n) is 2.57. The van der Waals surface area contributed by atoms with Crippen LogP contribution < -0.4 is 11.1 Å². The predicted molar refractivity (Wildman–Crippen MR) is 109 cm³/mol. The van der Waals surface area contributed by atoms with Crippen molar-refractivity contribution in [2.75, 3.05) is 5.73 Å². The predicted octanol–water partition coefficient (Wildman–Crippen LogP) is 4.73. The van der Waals surface area contributed by atoms with Gasteiger partial charge in [0.1, 0.15) is 5.25 Å². The van der Waals surface area contributed by atoms with E-state index in [4.69, 9.17) is 5.73 Å². The highest BCUT2D eigenvalue weighted by Crippen LogP contribution is 2.35. The van der Waals surface area contributed by atoms with Gasteiger partial charge >= 0.3 is 0 Å². The summed E-state index contributed by atoms with van der Waals surface area (Å²) in [7, 11) is 0. The lowest BCUT2D eigenvalue weighted by atomic mass is 10.1. The normalized spacial score (nSPS) is 11.7. The van der Waals surface area contributed by atoms with Crippen LogP contribution in [0.1, 0.15) is 21.9 Å². The molecule has 0 aromatic heterocycles. The average molecular weight is 362 g/mol. The third kappa shape index (κ3) is 4.90. The van der Waals surface area contributed by atoms with E-state index in [2.05, 4.69) is 24.4 Å². The summed E-state index contributed by atoms with van der Waals surface area (Å²) < 4.78 is 0. The molecule has 0 radical (unpaired) electrons. The Morgan fingerprint density at radius 1 is 0.962 bits per heavy atom. The van der Waals surface area contributed by atoms with Crippen molar-refractivity contribution in [2.45, 2.75) is 23.6 Å². The molecule has 132 valence electrons. The van der Waals surface area contributed by atoms with Crippen LogP contribution in [0, 0.1) is 6.92 Å². The van der Waals surface area contributed by atoms with Gasteiger partial charge < -0.3 is 11.1 Å². The molecule has 0 heterocycles. The van der Waals surface area contributed by atoms with Crippen LogP contribution in [-0.2, 0) is 11.3 Å². The second kappa shape index (κ2) is 8.59. The molecule has 3 nitrogen and oxygen atoms in total. The van der Waals surface area contributed by atoms with Crippen molar-refractivity contribution in [1.82, 2.24) is 5.32 Å². The standard InChI is InChI=1S/C22H22N2OS/c1-16-7-9-17(10-8-16)15-24-22(25)21(18-5-3-2-4-6-18)26-20-13-11-19(23)12-14-20/h2-14,21H,15,23H2,1H3,(H,24,25). The summed E-state index contributed by atoms with van der Waals surface area (Å²) in [6, 6.07) is 25.6. The highest BCUT2D eigenvalue weighted by atomic mass is 32.2. The molecule has 26 heavy (non-hydrogen) atoms. The van der Waals surface area contributed by atoms with Crippen molar-refractivity contribution in [3.63, 3.8) is 0 Å². The molecule has 1 atom stereocenters. The first-order valence-electron chi connectivity index (χ1n) is 8.52. The summed E-state index contributed by atoms with van der Waals surface area (Å²) in [5.74, 6) is -0.00130. The smallest absolute Gasteiger partial charge is 0.238 e. The lowest BCUT2D eigenvalue weighted by Gasteiger charge is -2.17. The first-order valence-corrected chi connectivity index (χ1v) is 9.40. The van der Waals surface area contributed by atoms with Crippen LogP contribution in [0.5, 0.6) is 0 Å². The SMILES string of the molecule is Cc1ccc(CNC(=O)C(Sc2ccc(N)cc2)c2ccccc2)cc1. The van der Waals surface area contributed by atoms with Crippen molar-refractivity contribution < 1.29 is 4.79 Å². The number of amides is 1. The minimum atomic E-state index is -0.315. The molecule has 0 bridgehead atoms. The molecule has 0 fully saturated rings. The third-order valence-electron chi connectivity index (χ3n) is 4.06. The maximum absolute atomic E-state index is 12.9. The van der Waals surface area contributed by atoms with Crippen LogP contribution in [0.25, 0.3) is 0 Å². The minimum Gasteiger partial charge on any atom is -0.399 e. The number of aryl methyl sites for hydroxylation is 1. The van der Waals surface area contributed by atoms with Crippen LogP contribution >= 0.6 is 11.8 Å². The Morgan fingerprint density at radius 3 is 2.27 bits per heavy atom. The van der Waals surface area contributed by atoms with Crippen molar-refractivity contribution >= 4 is 23.4 Å². The van der Waals surface area contributed by atoms with E-state index >= 15 is 0 Å². The van der Waals surface area contributed by atoms with Crippen LogP contribution in [0.4, 0.5) is 5.69 Å². The van der Waals surface area contributed by atoms with Gasteiger partial charge in [0.25, 0.3) is 0 Å². The van der Waals surface area contributed by atoms with Gasteiger partial charge in [0.15, 0.2) is 0 Å². The van der Waals surface area contributed by atoms with E-state index in [1.807, 2.05) is 66.7 Å². The molecule has 4 heteroatoms. The minimum absolute atomic E-state index is 0.00130. The Balaban J connectivity index is 1.74. The number of nitrogens with one attached hydrogen (secondary N) is 1. The molecular formula is C22H22N2OS. The van der Waals surface area contributed by atoms with Crippen LogP contribution in [0.2, 0.25) is 0 Å². The van der Waals surface area contributed by atoms with Crippen molar-refractivity contribution in [3.8, 4) is 0 Å². The summed E-state index contributed by atoms with van der Waals surface area (Å²) >= 11 is 1.53. The van der Waals surface area contributed by atoms with Gasteiger partial charge in [-0.3, -0.25) is 4.79 Å². The molecule has 3 aromatic carbocycles. The summed E-state index contributed by atoms with van der Waals surface area (Å²) in [5.41, 5.74) is 9.76. The van der Waals surface area contributed by atoms with Gasteiger partial charge in [0.05, 0.1) is 0 Å². The number of nitrogens with two attached hydrogens (primary N) is 1. The molecule has 0 aliphatic rings.